The van der Waals surface area contributed by atoms with Crippen LogP contribution in [0.15, 0.2) is 30.3 Å². The summed E-state index contributed by atoms with van der Waals surface area (Å²) < 4.78 is 4.95. The summed E-state index contributed by atoms with van der Waals surface area (Å²) in [4.78, 5) is 11.2. The molecule has 0 aliphatic carbocycles. The first-order valence-corrected chi connectivity index (χ1v) is 5.04. The molecule has 6 heteroatoms. The van der Waals surface area contributed by atoms with Gasteiger partial charge in [0.15, 0.2) is 0 Å². The third kappa shape index (κ3) is 6.11. The predicted molar refractivity (Wildman–Crippen MR) is 66.9 cm³/mol. The van der Waals surface area contributed by atoms with E-state index in [1.54, 1.807) is 0 Å². The Morgan fingerprint density at radius 2 is 2.06 bits per heavy atom. The zero-order valence-electron chi connectivity index (χ0n) is 9.33. The van der Waals surface area contributed by atoms with E-state index < -0.39 is 12.1 Å². The van der Waals surface area contributed by atoms with Crippen molar-refractivity contribution >= 4 is 18.5 Å². The zero-order chi connectivity index (χ0) is 11.8. The molecular formula is C11H17ClN2O3. The van der Waals surface area contributed by atoms with Gasteiger partial charge in [-0.3, -0.25) is 0 Å². The summed E-state index contributed by atoms with van der Waals surface area (Å²) in [5, 5.41) is 11.3. The fourth-order valence-electron chi connectivity index (χ4n) is 1.11. The minimum atomic E-state index is -0.576. The third-order valence-electron chi connectivity index (χ3n) is 2.04. The minimum Gasteiger partial charge on any atom is -0.445 e. The molecule has 0 unspecified atom stereocenters. The molecule has 0 aliphatic rings. The van der Waals surface area contributed by atoms with Gasteiger partial charge in [0.1, 0.15) is 6.61 Å². The van der Waals surface area contributed by atoms with Gasteiger partial charge in [-0.1, -0.05) is 30.3 Å². The monoisotopic (exact) mass is 260 g/mol. The second-order valence-corrected chi connectivity index (χ2v) is 3.32. The van der Waals surface area contributed by atoms with E-state index in [0.717, 1.165) is 5.56 Å². The lowest BCUT2D eigenvalue weighted by Crippen LogP contribution is -2.42. The Kier molecular flexibility index (Phi) is 8.13. The van der Waals surface area contributed by atoms with Crippen LogP contribution in [0, 0.1) is 0 Å². The van der Waals surface area contributed by atoms with Gasteiger partial charge in [0.2, 0.25) is 0 Å². The normalized spacial score (nSPS) is 11.2. The van der Waals surface area contributed by atoms with Crippen molar-refractivity contribution in [3.05, 3.63) is 35.9 Å². The average Bonchev–Trinajstić information content (AvgIpc) is 2.34. The van der Waals surface area contributed by atoms with Crippen LogP contribution in [0.5, 0.6) is 0 Å². The summed E-state index contributed by atoms with van der Waals surface area (Å²) in [7, 11) is 0. The van der Waals surface area contributed by atoms with Crippen molar-refractivity contribution in [2.45, 2.75) is 12.6 Å². The van der Waals surface area contributed by atoms with Crippen LogP contribution < -0.4 is 11.1 Å². The highest BCUT2D eigenvalue weighted by molar-refractivity contribution is 5.85. The zero-order valence-corrected chi connectivity index (χ0v) is 10.2. The van der Waals surface area contributed by atoms with E-state index in [-0.39, 0.29) is 32.2 Å². The maximum atomic E-state index is 11.2. The lowest BCUT2D eigenvalue weighted by atomic mass is 10.2. The van der Waals surface area contributed by atoms with Crippen LogP contribution in [-0.2, 0) is 11.3 Å². The van der Waals surface area contributed by atoms with Crippen molar-refractivity contribution in [1.82, 2.24) is 5.32 Å². The Morgan fingerprint density at radius 3 is 2.59 bits per heavy atom. The van der Waals surface area contributed by atoms with Gasteiger partial charge < -0.3 is 20.9 Å². The Morgan fingerprint density at radius 1 is 1.41 bits per heavy atom. The number of nitrogens with two attached hydrogens (primary N) is 1. The van der Waals surface area contributed by atoms with Crippen molar-refractivity contribution in [3.8, 4) is 0 Å². The molecule has 0 aliphatic heterocycles. The molecule has 0 radical (unpaired) electrons. The van der Waals surface area contributed by atoms with Crippen molar-refractivity contribution in [2.75, 3.05) is 13.2 Å². The average molecular weight is 261 g/mol. The van der Waals surface area contributed by atoms with Crippen LogP contribution >= 0.6 is 12.4 Å². The molecule has 1 rings (SSSR count). The molecule has 1 amide bonds. The molecule has 0 fully saturated rings. The highest BCUT2D eigenvalue weighted by Crippen LogP contribution is 2.00. The number of rotatable bonds is 5. The van der Waals surface area contributed by atoms with Crippen LogP contribution in [0.4, 0.5) is 4.79 Å². The van der Waals surface area contributed by atoms with Crippen LogP contribution in [0.2, 0.25) is 0 Å². The number of hydrogen-bond acceptors (Lipinski definition) is 4. The first-order chi connectivity index (χ1) is 7.76. The lowest BCUT2D eigenvalue weighted by molar-refractivity contribution is 0.130. The van der Waals surface area contributed by atoms with Crippen molar-refractivity contribution < 1.29 is 14.6 Å². The van der Waals surface area contributed by atoms with Gasteiger partial charge in [0.05, 0.1) is 12.6 Å². The summed E-state index contributed by atoms with van der Waals surface area (Å²) in [6.07, 6.45) is -0.576. The second kappa shape index (κ2) is 8.81. The van der Waals surface area contributed by atoms with Crippen LogP contribution in [-0.4, -0.2) is 30.4 Å². The summed E-state index contributed by atoms with van der Waals surface area (Å²) >= 11 is 0. The first kappa shape index (κ1) is 15.7. The van der Waals surface area contributed by atoms with Crippen molar-refractivity contribution in [2.24, 2.45) is 5.73 Å². The van der Waals surface area contributed by atoms with Crippen molar-refractivity contribution in [3.63, 3.8) is 0 Å². The fourth-order valence-corrected chi connectivity index (χ4v) is 1.11. The summed E-state index contributed by atoms with van der Waals surface area (Å²) in [6.45, 7) is 0.184. The Balaban J connectivity index is 0.00000256. The van der Waals surface area contributed by atoms with Crippen molar-refractivity contribution in [1.29, 1.82) is 0 Å². The number of ether oxygens (including phenoxy) is 1. The number of nitrogens with one attached hydrogen (secondary N) is 1. The smallest absolute Gasteiger partial charge is 0.407 e. The van der Waals surface area contributed by atoms with E-state index in [9.17, 15) is 4.79 Å². The number of carbonyl (C=O) groups excluding carboxylic acids is 1. The molecule has 0 saturated carbocycles. The number of alkyl carbamates (subject to hydrolysis) is 1. The summed E-state index contributed by atoms with van der Waals surface area (Å²) in [5.74, 6) is 0. The Hall–Kier alpha value is -1.30. The maximum absolute atomic E-state index is 11.2. The van der Waals surface area contributed by atoms with Gasteiger partial charge in [-0.15, -0.1) is 12.4 Å². The molecule has 0 saturated heterocycles. The molecule has 1 atom stereocenters. The van der Waals surface area contributed by atoms with E-state index in [4.69, 9.17) is 15.6 Å². The highest BCUT2D eigenvalue weighted by atomic mass is 35.5. The number of aliphatic hydroxyl groups excluding tert-OH is 1. The summed E-state index contributed by atoms with van der Waals surface area (Å²) in [6, 6.07) is 8.89. The Labute approximate surface area is 106 Å². The molecule has 0 spiro atoms. The number of carbonyl (C=O) groups is 1. The highest BCUT2D eigenvalue weighted by Gasteiger charge is 2.09. The van der Waals surface area contributed by atoms with Crippen LogP contribution in [0.3, 0.4) is 0 Å². The van der Waals surface area contributed by atoms with Gasteiger partial charge >= 0.3 is 6.09 Å². The molecule has 1 aromatic carbocycles. The van der Waals surface area contributed by atoms with Gasteiger partial charge in [-0.25, -0.2) is 4.79 Å². The standard InChI is InChI=1S/C11H16N2O3.ClH/c12-6-10(7-14)13-11(15)16-8-9-4-2-1-3-5-9;/h1-5,10,14H,6-8,12H2,(H,13,15);1H/t10-;/m0./s1. The van der Waals surface area contributed by atoms with E-state index in [2.05, 4.69) is 5.32 Å². The maximum Gasteiger partial charge on any atom is 0.407 e. The molecule has 0 aromatic heterocycles. The molecule has 17 heavy (non-hydrogen) atoms. The second-order valence-electron chi connectivity index (χ2n) is 3.32. The number of amides is 1. The van der Waals surface area contributed by atoms with Crippen LogP contribution in [0.25, 0.3) is 0 Å². The van der Waals surface area contributed by atoms with E-state index >= 15 is 0 Å². The molecule has 1 aromatic rings. The topological polar surface area (TPSA) is 84.6 Å². The van der Waals surface area contributed by atoms with Gasteiger partial charge in [0, 0.05) is 6.54 Å². The Bertz CT molecular complexity index is 318. The molecule has 4 N–H and O–H groups in total. The van der Waals surface area contributed by atoms with Gasteiger partial charge in [-0.05, 0) is 5.56 Å². The molecule has 0 bridgehead atoms. The number of halogens is 1. The first-order valence-electron chi connectivity index (χ1n) is 5.04. The van der Waals surface area contributed by atoms with E-state index in [0.29, 0.717) is 0 Å². The summed E-state index contributed by atoms with van der Waals surface area (Å²) in [5.41, 5.74) is 6.22. The number of hydrogen-bond donors (Lipinski definition) is 3. The van der Waals surface area contributed by atoms with Gasteiger partial charge in [0.25, 0.3) is 0 Å². The molecular weight excluding hydrogens is 244 g/mol. The molecule has 0 heterocycles. The van der Waals surface area contributed by atoms with Gasteiger partial charge in [-0.2, -0.15) is 0 Å². The SMILES string of the molecule is Cl.NC[C@@H](CO)NC(=O)OCc1ccccc1. The predicted octanol–water partition coefficient (Wildman–Crippen LogP) is 0.654. The third-order valence-corrected chi connectivity index (χ3v) is 2.04. The van der Waals surface area contributed by atoms with E-state index in [1.165, 1.54) is 0 Å². The number of aliphatic hydroxyl groups is 1. The molecule has 96 valence electrons. The van der Waals surface area contributed by atoms with Crippen LogP contribution in [0.1, 0.15) is 5.56 Å². The minimum absolute atomic E-state index is 0. The quantitative estimate of drug-likeness (QED) is 0.726. The number of benzene rings is 1. The fraction of sp³-hybridized carbons (Fsp3) is 0.364. The molecule has 5 nitrogen and oxygen atoms in total. The lowest BCUT2D eigenvalue weighted by Gasteiger charge is -2.13. The van der Waals surface area contributed by atoms with E-state index in [1.807, 2.05) is 30.3 Å². The largest absolute Gasteiger partial charge is 0.445 e.